The fourth-order valence-electron chi connectivity index (χ4n) is 9.08. The van der Waals surface area contributed by atoms with Gasteiger partial charge in [0, 0.05) is 97.6 Å². The number of nitrogens with zero attached hydrogens (tertiary/aromatic N) is 6. The van der Waals surface area contributed by atoms with E-state index in [2.05, 4.69) is 38.3 Å². The molecule has 6 heterocycles. The largest absolute Gasteiger partial charge is 0.376 e. The lowest BCUT2D eigenvalue weighted by molar-refractivity contribution is -0.136. The van der Waals surface area contributed by atoms with Crippen LogP contribution >= 0.6 is 11.8 Å². The molecule has 1 aromatic heterocycles. The average molecular weight is 816 g/mol. The third-order valence-electron chi connectivity index (χ3n) is 12.7. The molecule has 9 rings (SSSR count). The molecule has 5 aliphatic heterocycles. The quantitative estimate of drug-likeness (QED) is 0.206. The first-order chi connectivity index (χ1) is 28.6. The fourth-order valence-corrected chi connectivity index (χ4v) is 9.87. The molecule has 4 saturated heterocycles. The minimum Gasteiger partial charge on any atom is -0.376 e. The summed E-state index contributed by atoms with van der Waals surface area (Å²) in [6, 6.07) is 20.9. The Morgan fingerprint density at radius 2 is 1.75 bits per heavy atom. The normalized spacial score (nSPS) is 23.1. The van der Waals surface area contributed by atoms with Crippen molar-refractivity contribution in [1.82, 2.24) is 25.1 Å². The van der Waals surface area contributed by atoms with Crippen molar-refractivity contribution in [3.8, 4) is 0 Å². The van der Waals surface area contributed by atoms with Gasteiger partial charge in [0.15, 0.2) is 0 Å². The summed E-state index contributed by atoms with van der Waals surface area (Å²) < 4.78 is 5.87. The number of imide groups is 1. The predicted molar refractivity (Wildman–Crippen MR) is 224 cm³/mol. The number of hydrogen-bond acceptors (Lipinski definition) is 12. The van der Waals surface area contributed by atoms with E-state index in [9.17, 15) is 19.2 Å². The molecule has 3 aromatic carbocycles. The number of piperidine rings is 2. The topological polar surface area (TPSA) is 166 Å². The van der Waals surface area contributed by atoms with Crippen molar-refractivity contribution in [2.75, 3.05) is 61.0 Å². The van der Waals surface area contributed by atoms with Gasteiger partial charge in [-0.15, -0.1) is 0 Å². The van der Waals surface area contributed by atoms with Crippen molar-refractivity contribution in [3.63, 3.8) is 0 Å². The smallest absolute Gasteiger partial charge is 0.255 e. The average Bonchev–Trinajstić information content (AvgIpc) is 3.72. The molecule has 1 spiro atoms. The van der Waals surface area contributed by atoms with Gasteiger partial charge in [0.05, 0.1) is 25.1 Å². The molecule has 0 saturated carbocycles. The first kappa shape index (κ1) is 39.1. The molecule has 59 heavy (non-hydrogen) atoms. The number of aromatic nitrogens is 2. The summed E-state index contributed by atoms with van der Waals surface area (Å²) in [5, 5.41) is 6.19. The van der Waals surface area contributed by atoms with Crippen molar-refractivity contribution < 1.29 is 23.9 Å². The third-order valence-corrected chi connectivity index (χ3v) is 13.6. The Bertz CT molecular complexity index is 2240. The molecule has 0 radical (unpaired) electrons. The van der Waals surface area contributed by atoms with Crippen molar-refractivity contribution in [2.45, 2.75) is 73.8 Å². The van der Waals surface area contributed by atoms with Gasteiger partial charge in [-0.25, -0.2) is 9.97 Å². The van der Waals surface area contributed by atoms with Gasteiger partial charge < -0.3 is 30.5 Å². The maximum Gasteiger partial charge on any atom is 0.255 e. The second-order valence-electron chi connectivity index (χ2n) is 16.4. The highest BCUT2D eigenvalue weighted by Gasteiger charge is 2.47. The van der Waals surface area contributed by atoms with Gasteiger partial charge in [0.2, 0.25) is 11.8 Å². The molecular formula is C44H49N9O5S. The molecule has 4 amide bonds. The molecule has 0 bridgehead atoms. The summed E-state index contributed by atoms with van der Waals surface area (Å²) in [6.07, 6.45) is 6.32. The molecule has 4 N–H and O–H groups in total. The van der Waals surface area contributed by atoms with Crippen molar-refractivity contribution in [3.05, 3.63) is 101 Å². The number of rotatable bonds is 9. The van der Waals surface area contributed by atoms with Gasteiger partial charge in [-0.3, -0.25) is 29.4 Å². The Labute approximate surface area is 347 Å². The van der Waals surface area contributed by atoms with Gasteiger partial charge >= 0.3 is 0 Å². The number of fused-ring (bicyclic) bond motifs is 1. The number of anilines is 3. The monoisotopic (exact) mass is 815 g/mol. The van der Waals surface area contributed by atoms with E-state index in [0.29, 0.717) is 29.8 Å². The number of hydrogen-bond donors (Lipinski definition) is 3. The van der Waals surface area contributed by atoms with Crippen LogP contribution in [-0.2, 0) is 27.4 Å². The number of amides is 4. The predicted octanol–water partition coefficient (Wildman–Crippen LogP) is 4.30. The van der Waals surface area contributed by atoms with Gasteiger partial charge in [0.25, 0.3) is 11.8 Å². The lowest BCUT2D eigenvalue weighted by Gasteiger charge is -2.41. The van der Waals surface area contributed by atoms with Crippen LogP contribution in [-0.4, -0.2) is 107 Å². The van der Waals surface area contributed by atoms with E-state index in [4.69, 9.17) is 20.4 Å². The lowest BCUT2D eigenvalue weighted by atomic mass is 9.73. The van der Waals surface area contributed by atoms with E-state index in [1.807, 2.05) is 73.1 Å². The number of carbonyl (C=O) groups excluding carboxylic acids is 4. The van der Waals surface area contributed by atoms with E-state index in [-0.39, 0.29) is 41.7 Å². The maximum absolute atomic E-state index is 13.2. The van der Waals surface area contributed by atoms with Crippen LogP contribution in [0.25, 0.3) is 0 Å². The van der Waals surface area contributed by atoms with Gasteiger partial charge in [0.1, 0.15) is 16.9 Å². The minimum atomic E-state index is -0.618. The van der Waals surface area contributed by atoms with Crippen LogP contribution < -0.4 is 26.2 Å². The number of nitrogens with one attached hydrogen (secondary N) is 2. The number of nitrogens with two attached hydrogens (primary N) is 1. The van der Waals surface area contributed by atoms with E-state index >= 15 is 0 Å². The maximum atomic E-state index is 13.2. The molecular weight excluding hydrogens is 767 g/mol. The van der Waals surface area contributed by atoms with Crippen molar-refractivity contribution in [1.29, 1.82) is 0 Å². The van der Waals surface area contributed by atoms with E-state index in [1.54, 1.807) is 4.90 Å². The number of piperazine rings is 1. The number of benzene rings is 3. The molecule has 15 heteroatoms. The summed E-state index contributed by atoms with van der Waals surface area (Å²) in [4.78, 5) is 69.4. The standard InChI is InChI=1S/C44H49N9O5S/c1-28-40(45)44(27-58-28)13-15-52(16-14-44)37-23-47-39(24-46-37)59-34-4-2-3-32(22-34)48-41(55)30-7-5-29(6-8-30)25-50-17-19-51(20-18-50)33-9-10-35-31(21-33)26-53(43(35)57)36-11-12-38(54)49-42(36)56/h2-10,21-24,28,36,40H,11-20,25-27,45H2,1H3,(H,48,55)(H,49,54,56)/t28-,36?,40+/m0/s1. The van der Waals surface area contributed by atoms with Crippen LogP contribution in [0.4, 0.5) is 17.2 Å². The first-order valence-corrected chi connectivity index (χ1v) is 21.3. The summed E-state index contributed by atoms with van der Waals surface area (Å²) in [5.41, 5.74) is 11.6. The zero-order valence-electron chi connectivity index (χ0n) is 33.1. The SMILES string of the molecule is C[C@@H]1OCC2(CCN(c3cnc(Sc4cccc(NC(=O)c5ccc(CN6CCN(c7ccc8c(c7)CN(C7CCC(=O)NC7=O)C8=O)CC6)cc5)c4)cn3)CC2)[C@@H]1N. The highest BCUT2D eigenvalue weighted by molar-refractivity contribution is 7.99. The van der Waals surface area contributed by atoms with Crippen molar-refractivity contribution in [2.24, 2.45) is 11.1 Å². The van der Waals surface area contributed by atoms with Crippen LogP contribution in [0.15, 0.2) is 89.0 Å². The highest BCUT2D eigenvalue weighted by atomic mass is 32.2. The van der Waals surface area contributed by atoms with Gasteiger partial charge in [-0.2, -0.15) is 0 Å². The summed E-state index contributed by atoms with van der Waals surface area (Å²) in [6.45, 7) is 9.13. The Hall–Kier alpha value is -5.35. The van der Waals surface area contributed by atoms with Crippen LogP contribution in [0.5, 0.6) is 0 Å². The Morgan fingerprint density at radius 3 is 2.46 bits per heavy atom. The van der Waals surface area contributed by atoms with E-state index in [1.165, 1.54) is 11.8 Å². The number of ether oxygens (including phenoxy) is 1. The first-order valence-electron chi connectivity index (χ1n) is 20.5. The molecule has 14 nitrogen and oxygen atoms in total. The fraction of sp³-hybridized carbons (Fsp3) is 0.409. The van der Waals surface area contributed by atoms with Crippen molar-refractivity contribution >= 4 is 52.6 Å². The molecule has 1 unspecified atom stereocenters. The molecule has 306 valence electrons. The third kappa shape index (κ3) is 8.16. The van der Waals surface area contributed by atoms with Crippen LogP contribution in [0, 0.1) is 5.41 Å². The van der Waals surface area contributed by atoms with Crippen LogP contribution in [0.1, 0.15) is 64.4 Å². The summed E-state index contributed by atoms with van der Waals surface area (Å²) in [5.74, 6) is -0.146. The molecule has 5 aliphatic rings. The Morgan fingerprint density at radius 1 is 0.949 bits per heavy atom. The Kier molecular flexibility index (Phi) is 10.9. The minimum absolute atomic E-state index is 0.0640. The summed E-state index contributed by atoms with van der Waals surface area (Å²) >= 11 is 1.50. The zero-order chi connectivity index (χ0) is 40.7. The van der Waals surface area contributed by atoms with Gasteiger partial charge in [-0.05, 0) is 85.8 Å². The molecule has 0 aliphatic carbocycles. The zero-order valence-corrected chi connectivity index (χ0v) is 34.0. The molecule has 3 atom stereocenters. The van der Waals surface area contributed by atoms with Crippen LogP contribution in [0.2, 0.25) is 0 Å². The summed E-state index contributed by atoms with van der Waals surface area (Å²) in [7, 11) is 0. The lowest BCUT2D eigenvalue weighted by Crippen LogP contribution is -2.52. The highest BCUT2D eigenvalue weighted by Crippen LogP contribution is 2.42. The van der Waals surface area contributed by atoms with Gasteiger partial charge in [-0.1, -0.05) is 30.0 Å². The molecule has 4 fully saturated rings. The van der Waals surface area contributed by atoms with E-state index < -0.39 is 11.9 Å². The number of carbonyl (C=O) groups is 4. The molecule has 4 aromatic rings. The second kappa shape index (κ2) is 16.4. The Balaban J connectivity index is 0.733. The second-order valence-corrected chi connectivity index (χ2v) is 17.5. The van der Waals surface area contributed by atoms with E-state index in [0.717, 1.165) is 97.8 Å². The van der Waals surface area contributed by atoms with Crippen LogP contribution in [0.3, 0.4) is 0 Å².